The monoisotopic (exact) mass is 373 g/mol. The third kappa shape index (κ3) is 4.22. The predicted molar refractivity (Wildman–Crippen MR) is 103 cm³/mol. The van der Waals surface area contributed by atoms with E-state index < -0.39 is 0 Å². The average molecular weight is 374 g/mol. The molecule has 0 aliphatic carbocycles. The first-order chi connectivity index (χ1) is 12.4. The highest BCUT2D eigenvalue weighted by atomic mass is 32.1. The molecule has 0 saturated heterocycles. The summed E-state index contributed by atoms with van der Waals surface area (Å²) in [4.78, 5) is 3.72. The second kappa shape index (κ2) is 7.72. The molecular formula is C19H27N5OS. The fourth-order valence-corrected chi connectivity index (χ4v) is 3.93. The normalized spacial score (nSPS) is 13.7. The predicted octanol–water partition coefficient (Wildman–Crippen LogP) is 4.48. The maximum absolute atomic E-state index is 5.63. The van der Waals surface area contributed by atoms with Gasteiger partial charge in [0.25, 0.3) is 0 Å². The van der Waals surface area contributed by atoms with Crippen LogP contribution in [-0.2, 0) is 18.6 Å². The summed E-state index contributed by atoms with van der Waals surface area (Å²) in [5.41, 5.74) is -0.175. The highest BCUT2D eigenvalue weighted by molar-refractivity contribution is 7.09. The van der Waals surface area contributed by atoms with Gasteiger partial charge in [-0.15, -0.1) is 16.4 Å². The third-order valence-corrected chi connectivity index (χ3v) is 5.16. The van der Waals surface area contributed by atoms with E-state index in [1.165, 1.54) is 4.88 Å². The molecule has 3 rings (SSSR count). The van der Waals surface area contributed by atoms with Crippen LogP contribution in [0.1, 0.15) is 57.1 Å². The van der Waals surface area contributed by atoms with Crippen molar-refractivity contribution in [3.05, 3.63) is 52.4 Å². The van der Waals surface area contributed by atoms with Crippen LogP contribution in [0.3, 0.4) is 0 Å². The maximum Gasteiger partial charge on any atom is 0.169 e. The molecule has 0 saturated carbocycles. The van der Waals surface area contributed by atoms with Crippen LogP contribution in [0.5, 0.6) is 0 Å². The van der Waals surface area contributed by atoms with Crippen molar-refractivity contribution in [3.63, 3.8) is 0 Å². The molecule has 140 valence electrons. The number of aromatic nitrogens is 4. The van der Waals surface area contributed by atoms with Gasteiger partial charge in [0.2, 0.25) is 0 Å². The minimum Gasteiger partial charge on any atom is -0.468 e. The van der Waals surface area contributed by atoms with Crippen molar-refractivity contribution in [2.24, 2.45) is 5.92 Å². The quantitative estimate of drug-likeness (QED) is 0.611. The molecule has 1 atom stereocenters. The van der Waals surface area contributed by atoms with E-state index in [2.05, 4.69) is 72.6 Å². The van der Waals surface area contributed by atoms with Crippen LogP contribution in [0.4, 0.5) is 0 Å². The molecule has 3 aromatic heterocycles. The van der Waals surface area contributed by atoms with Gasteiger partial charge in [0, 0.05) is 11.4 Å². The lowest BCUT2D eigenvalue weighted by Crippen LogP contribution is -2.36. The zero-order valence-electron chi connectivity index (χ0n) is 16.1. The minimum absolute atomic E-state index is 0.0800. The smallest absolute Gasteiger partial charge is 0.169 e. The van der Waals surface area contributed by atoms with Gasteiger partial charge in [0.15, 0.2) is 5.82 Å². The minimum atomic E-state index is -0.175. The molecule has 0 spiro atoms. The van der Waals surface area contributed by atoms with Crippen LogP contribution in [0.25, 0.3) is 0 Å². The van der Waals surface area contributed by atoms with Crippen LogP contribution in [0, 0.1) is 5.92 Å². The molecule has 3 aromatic rings. The number of rotatable bonds is 7. The number of nitrogens with zero attached hydrogens (tertiary/aromatic N) is 5. The van der Waals surface area contributed by atoms with E-state index in [4.69, 9.17) is 4.42 Å². The summed E-state index contributed by atoms with van der Waals surface area (Å²) >= 11 is 1.77. The van der Waals surface area contributed by atoms with E-state index >= 15 is 0 Å². The van der Waals surface area contributed by atoms with Crippen LogP contribution in [0.2, 0.25) is 0 Å². The fraction of sp³-hybridized carbons (Fsp3) is 0.526. The molecule has 3 heterocycles. The number of thiophene rings is 1. The van der Waals surface area contributed by atoms with Gasteiger partial charge < -0.3 is 4.42 Å². The molecule has 0 radical (unpaired) electrons. The average Bonchev–Trinajstić information content (AvgIpc) is 3.28. The van der Waals surface area contributed by atoms with Gasteiger partial charge in [0.1, 0.15) is 5.76 Å². The summed E-state index contributed by atoms with van der Waals surface area (Å²) in [5.74, 6) is 2.19. The number of furan rings is 1. The Morgan fingerprint density at radius 3 is 2.58 bits per heavy atom. The van der Waals surface area contributed by atoms with Crippen molar-refractivity contribution in [2.75, 3.05) is 0 Å². The Bertz CT molecular complexity index is 750. The summed E-state index contributed by atoms with van der Waals surface area (Å²) < 4.78 is 7.58. The van der Waals surface area contributed by atoms with Crippen LogP contribution in [0.15, 0.2) is 40.3 Å². The van der Waals surface area contributed by atoms with Crippen molar-refractivity contribution >= 4 is 11.3 Å². The van der Waals surface area contributed by atoms with Crippen molar-refractivity contribution in [1.82, 2.24) is 25.1 Å². The van der Waals surface area contributed by atoms with Crippen LogP contribution >= 0.6 is 11.3 Å². The molecule has 0 aromatic carbocycles. The van der Waals surface area contributed by atoms with Gasteiger partial charge in [-0.1, -0.05) is 19.9 Å². The van der Waals surface area contributed by atoms with E-state index in [1.54, 1.807) is 17.6 Å². The standard InChI is InChI=1S/C19H27N5OS/c1-14(2)17(18-20-21-22-24(18)19(3,4)5)23(12-15-8-6-10-25-15)13-16-9-7-11-26-16/h6-11,14,17H,12-13H2,1-5H3/t17-/m1/s1. The first-order valence-electron chi connectivity index (χ1n) is 8.94. The maximum atomic E-state index is 5.63. The zero-order chi connectivity index (χ0) is 18.7. The van der Waals surface area contributed by atoms with Crippen LogP contribution < -0.4 is 0 Å². The molecule has 7 heteroatoms. The van der Waals surface area contributed by atoms with Crippen molar-refractivity contribution in [1.29, 1.82) is 0 Å². The lowest BCUT2D eigenvalue weighted by molar-refractivity contribution is 0.112. The van der Waals surface area contributed by atoms with Gasteiger partial charge in [-0.2, -0.15) is 0 Å². The Kier molecular flexibility index (Phi) is 5.58. The Morgan fingerprint density at radius 2 is 2.00 bits per heavy atom. The van der Waals surface area contributed by atoms with Gasteiger partial charge in [-0.3, -0.25) is 4.90 Å². The molecule has 0 fully saturated rings. The molecule has 6 nitrogen and oxygen atoms in total. The van der Waals surface area contributed by atoms with Crippen molar-refractivity contribution < 1.29 is 4.42 Å². The molecule has 0 unspecified atom stereocenters. The lowest BCUT2D eigenvalue weighted by Gasteiger charge is -2.34. The van der Waals surface area contributed by atoms with Crippen LogP contribution in [-0.4, -0.2) is 25.1 Å². The Labute approximate surface area is 158 Å². The number of tetrazole rings is 1. The molecule has 0 bridgehead atoms. The highest BCUT2D eigenvalue weighted by Crippen LogP contribution is 2.32. The molecule has 0 amide bonds. The first-order valence-corrected chi connectivity index (χ1v) is 9.82. The zero-order valence-corrected chi connectivity index (χ0v) is 16.9. The molecule has 0 aliphatic heterocycles. The van der Waals surface area contributed by atoms with E-state index in [0.29, 0.717) is 12.5 Å². The third-order valence-electron chi connectivity index (χ3n) is 4.30. The van der Waals surface area contributed by atoms with Gasteiger partial charge in [0.05, 0.1) is 24.4 Å². The molecule has 0 N–H and O–H groups in total. The summed E-state index contributed by atoms with van der Waals surface area (Å²) in [6, 6.07) is 8.29. The van der Waals surface area contributed by atoms with E-state index in [-0.39, 0.29) is 11.6 Å². The number of hydrogen-bond acceptors (Lipinski definition) is 6. The summed E-state index contributed by atoms with van der Waals surface area (Å²) in [7, 11) is 0. The summed E-state index contributed by atoms with van der Waals surface area (Å²) in [6.45, 7) is 12.4. The summed E-state index contributed by atoms with van der Waals surface area (Å²) in [5, 5.41) is 14.8. The van der Waals surface area contributed by atoms with Gasteiger partial charge in [-0.25, -0.2) is 4.68 Å². The molecular weight excluding hydrogens is 346 g/mol. The van der Waals surface area contributed by atoms with E-state index in [1.807, 2.05) is 16.8 Å². The van der Waals surface area contributed by atoms with E-state index in [0.717, 1.165) is 18.1 Å². The van der Waals surface area contributed by atoms with Crippen molar-refractivity contribution in [2.45, 2.75) is 59.3 Å². The Morgan fingerprint density at radius 1 is 1.19 bits per heavy atom. The molecule has 0 aliphatic rings. The highest BCUT2D eigenvalue weighted by Gasteiger charge is 2.32. The van der Waals surface area contributed by atoms with E-state index in [9.17, 15) is 0 Å². The molecule has 26 heavy (non-hydrogen) atoms. The topological polar surface area (TPSA) is 60.0 Å². The number of hydrogen-bond donors (Lipinski definition) is 0. The largest absolute Gasteiger partial charge is 0.468 e. The second-order valence-electron chi connectivity index (χ2n) is 7.87. The fourth-order valence-electron chi connectivity index (χ4n) is 3.20. The van der Waals surface area contributed by atoms with Crippen molar-refractivity contribution in [3.8, 4) is 0 Å². The summed E-state index contributed by atoms with van der Waals surface area (Å²) in [6.07, 6.45) is 1.72. The van der Waals surface area contributed by atoms with Gasteiger partial charge in [-0.05, 0) is 60.7 Å². The SMILES string of the molecule is CC(C)[C@H](c1nnnn1C(C)(C)C)N(Cc1ccco1)Cc1cccs1. The lowest BCUT2D eigenvalue weighted by atomic mass is 9.99. The second-order valence-corrected chi connectivity index (χ2v) is 8.90. The van der Waals surface area contributed by atoms with Gasteiger partial charge >= 0.3 is 0 Å². The first kappa shape index (κ1) is 18.8. The Balaban J connectivity index is 1.98. The Hall–Kier alpha value is -1.99.